The molecule has 3 heteroatoms. The van der Waals surface area contributed by atoms with Crippen LogP contribution in [0.2, 0.25) is 0 Å². The van der Waals surface area contributed by atoms with Crippen molar-refractivity contribution < 1.29 is 4.79 Å². The van der Waals surface area contributed by atoms with E-state index in [1.54, 1.807) is 11.8 Å². The molecule has 2 nitrogen and oxygen atoms in total. The summed E-state index contributed by atoms with van der Waals surface area (Å²) in [5.41, 5.74) is 4.05. The van der Waals surface area contributed by atoms with Gasteiger partial charge in [0.15, 0.2) is 0 Å². The molecule has 0 unspecified atom stereocenters. The Morgan fingerprint density at radius 3 is 2.31 bits per heavy atom. The molecule has 0 bridgehead atoms. The van der Waals surface area contributed by atoms with Crippen molar-refractivity contribution in [3.8, 4) is 0 Å². The molecule has 0 spiro atoms. The summed E-state index contributed by atoms with van der Waals surface area (Å²) in [6.45, 7) is 4.05. The molecular formula is C26H23NOS. The summed E-state index contributed by atoms with van der Waals surface area (Å²) in [5, 5.41) is 5.19. The zero-order valence-corrected chi connectivity index (χ0v) is 17.4. The standard InChI is InChI=1S/C26H23NOS/c1-18-12-13-19(2)24(16-18)27-26(28)25(21-9-4-3-5-10-21)29-23-15-14-20-8-6-7-11-22(20)17-23/h3-17,25H,1-2H3,(H,27,28)/t25-/m0/s1. The van der Waals surface area contributed by atoms with Crippen molar-refractivity contribution in [2.24, 2.45) is 0 Å². The van der Waals surface area contributed by atoms with Crippen LogP contribution in [0.5, 0.6) is 0 Å². The van der Waals surface area contributed by atoms with Gasteiger partial charge in [0.2, 0.25) is 5.91 Å². The third kappa shape index (κ3) is 4.52. The number of rotatable bonds is 5. The van der Waals surface area contributed by atoms with Gasteiger partial charge in [-0.15, -0.1) is 11.8 Å². The second-order valence-electron chi connectivity index (χ2n) is 7.23. The zero-order valence-electron chi connectivity index (χ0n) is 16.6. The maximum absolute atomic E-state index is 13.3. The SMILES string of the molecule is Cc1ccc(C)c(NC(=O)[C@@H](Sc2ccc3ccccc3c2)c2ccccc2)c1. The Bertz CT molecular complexity index is 1150. The molecule has 0 radical (unpaired) electrons. The predicted octanol–water partition coefficient (Wildman–Crippen LogP) is 6.93. The van der Waals surface area contributed by atoms with Crippen molar-refractivity contribution in [3.63, 3.8) is 0 Å². The fourth-order valence-electron chi connectivity index (χ4n) is 3.35. The van der Waals surface area contributed by atoms with E-state index in [0.29, 0.717) is 0 Å². The van der Waals surface area contributed by atoms with Gasteiger partial charge >= 0.3 is 0 Å². The van der Waals surface area contributed by atoms with Gasteiger partial charge in [-0.1, -0.05) is 72.8 Å². The normalized spacial score (nSPS) is 11.9. The number of fused-ring (bicyclic) bond motifs is 1. The molecular weight excluding hydrogens is 374 g/mol. The van der Waals surface area contributed by atoms with Gasteiger partial charge in [-0.25, -0.2) is 0 Å². The number of amides is 1. The maximum Gasteiger partial charge on any atom is 0.242 e. The molecule has 1 N–H and O–H groups in total. The van der Waals surface area contributed by atoms with E-state index in [-0.39, 0.29) is 11.2 Å². The molecule has 0 heterocycles. The maximum atomic E-state index is 13.3. The Morgan fingerprint density at radius 2 is 1.52 bits per heavy atom. The molecule has 0 aliphatic heterocycles. The number of carbonyl (C=O) groups excluding carboxylic acids is 1. The highest BCUT2D eigenvalue weighted by atomic mass is 32.2. The number of anilines is 1. The lowest BCUT2D eigenvalue weighted by molar-refractivity contribution is -0.115. The van der Waals surface area contributed by atoms with Crippen molar-refractivity contribution in [2.75, 3.05) is 5.32 Å². The van der Waals surface area contributed by atoms with E-state index in [1.165, 1.54) is 10.8 Å². The molecule has 0 aliphatic rings. The molecule has 0 aromatic heterocycles. The smallest absolute Gasteiger partial charge is 0.242 e. The fourth-order valence-corrected chi connectivity index (χ4v) is 4.42. The van der Waals surface area contributed by atoms with E-state index in [9.17, 15) is 4.79 Å². The van der Waals surface area contributed by atoms with Crippen molar-refractivity contribution in [1.29, 1.82) is 0 Å². The van der Waals surface area contributed by atoms with Gasteiger partial charge < -0.3 is 5.32 Å². The third-order valence-electron chi connectivity index (χ3n) is 4.97. The van der Waals surface area contributed by atoms with E-state index in [4.69, 9.17) is 0 Å². The van der Waals surface area contributed by atoms with Crippen LogP contribution >= 0.6 is 11.8 Å². The summed E-state index contributed by atoms with van der Waals surface area (Å²) in [6.07, 6.45) is 0. The summed E-state index contributed by atoms with van der Waals surface area (Å²) in [5.74, 6) is -0.0111. The quantitative estimate of drug-likeness (QED) is 0.370. The van der Waals surface area contributed by atoms with Crippen LogP contribution < -0.4 is 5.32 Å². The Hall–Kier alpha value is -3.04. The van der Waals surface area contributed by atoms with Gasteiger partial charge in [-0.05, 0) is 59.5 Å². The summed E-state index contributed by atoms with van der Waals surface area (Å²) >= 11 is 1.58. The minimum Gasteiger partial charge on any atom is -0.325 e. The number of benzene rings is 4. The zero-order chi connectivity index (χ0) is 20.2. The minimum atomic E-state index is -0.336. The molecule has 0 fully saturated rings. The highest BCUT2D eigenvalue weighted by molar-refractivity contribution is 8.00. The fraction of sp³-hybridized carbons (Fsp3) is 0.115. The highest BCUT2D eigenvalue weighted by Gasteiger charge is 2.22. The lowest BCUT2D eigenvalue weighted by Crippen LogP contribution is -2.19. The van der Waals surface area contributed by atoms with E-state index >= 15 is 0 Å². The summed E-state index contributed by atoms with van der Waals surface area (Å²) in [7, 11) is 0. The van der Waals surface area contributed by atoms with Crippen LogP contribution in [-0.4, -0.2) is 5.91 Å². The van der Waals surface area contributed by atoms with Crippen molar-refractivity contribution in [3.05, 3.63) is 108 Å². The predicted molar refractivity (Wildman–Crippen MR) is 124 cm³/mol. The Kier molecular flexibility index (Phi) is 5.68. The van der Waals surface area contributed by atoms with Gasteiger partial charge in [-0.3, -0.25) is 4.79 Å². The summed E-state index contributed by atoms with van der Waals surface area (Å²) in [4.78, 5) is 14.4. The Morgan fingerprint density at radius 1 is 0.793 bits per heavy atom. The summed E-state index contributed by atoms with van der Waals surface area (Å²) in [6, 6.07) is 30.7. The van der Waals surface area contributed by atoms with E-state index < -0.39 is 0 Å². The second kappa shape index (κ2) is 8.54. The van der Waals surface area contributed by atoms with Gasteiger partial charge in [0.05, 0.1) is 0 Å². The molecule has 0 saturated heterocycles. The topological polar surface area (TPSA) is 29.1 Å². The first kappa shape index (κ1) is 19.3. The van der Waals surface area contributed by atoms with Crippen LogP contribution in [0.25, 0.3) is 10.8 Å². The monoisotopic (exact) mass is 397 g/mol. The first-order chi connectivity index (χ1) is 14.1. The first-order valence-electron chi connectivity index (χ1n) is 9.69. The van der Waals surface area contributed by atoms with Crippen molar-refractivity contribution >= 4 is 34.1 Å². The van der Waals surface area contributed by atoms with Crippen molar-refractivity contribution in [2.45, 2.75) is 24.0 Å². The number of hydrogen-bond donors (Lipinski definition) is 1. The number of carbonyl (C=O) groups is 1. The third-order valence-corrected chi connectivity index (χ3v) is 6.21. The van der Waals surface area contributed by atoms with Gasteiger partial charge in [-0.2, -0.15) is 0 Å². The first-order valence-corrected chi connectivity index (χ1v) is 10.6. The van der Waals surface area contributed by atoms with Gasteiger partial charge in [0, 0.05) is 10.6 Å². The average Bonchev–Trinajstić information content (AvgIpc) is 2.75. The number of hydrogen-bond acceptors (Lipinski definition) is 2. The average molecular weight is 398 g/mol. The lowest BCUT2D eigenvalue weighted by atomic mass is 10.1. The Labute approximate surface area is 176 Å². The molecule has 0 aliphatic carbocycles. The minimum absolute atomic E-state index is 0.0111. The van der Waals surface area contributed by atoms with Crippen LogP contribution in [0.15, 0.2) is 95.9 Å². The second-order valence-corrected chi connectivity index (χ2v) is 8.40. The van der Waals surface area contributed by atoms with Crippen molar-refractivity contribution in [1.82, 2.24) is 0 Å². The van der Waals surface area contributed by atoms with Crippen LogP contribution in [0, 0.1) is 13.8 Å². The molecule has 4 rings (SSSR count). The van der Waals surface area contributed by atoms with Gasteiger partial charge in [0.25, 0.3) is 0 Å². The molecule has 144 valence electrons. The number of aryl methyl sites for hydroxylation is 2. The molecule has 29 heavy (non-hydrogen) atoms. The van der Waals surface area contributed by atoms with Crippen LogP contribution in [0.1, 0.15) is 21.9 Å². The van der Waals surface area contributed by atoms with E-state index in [1.807, 2.05) is 68.4 Å². The molecule has 1 atom stereocenters. The summed E-state index contributed by atoms with van der Waals surface area (Å²) < 4.78 is 0. The molecule has 1 amide bonds. The van der Waals surface area contributed by atoms with Crippen LogP contribution in [0.3, 0.4) is 0 Å². The molecule has 4 aromatic rings. The number of thioether (sulfide) groups is 1. The van der Waals surface area contributed by atoms with Crippen LogP contribution in [0.4, 0.5) is 5.69 Å². The molecule has 4 aromatic carbocycles. The molecule has 0 saturated carbocycles. The van der Waals surface area contributed by atoms with Crippen LogP contribution in [-0.2, 0) is 4.79 Å². The highest BCUT2D eigenvalue weighted by Crippen LogP contribution is 2.37. The lowest BCUT2D eigenvalue weighted by Gasteiger charge is -2.18. The number of nitrogens with one attached hydrogen (secondary N) is 1. The Balaban J connectivity index is 1.65. The van der Waals surface area contributed by atoms with E-state index in [2.05, 4.69) is 41.7 Å². The van der Waals surface area contributed by atoms with E-state index in [0.717, 1.165) is 27.3 Å². The van der Waals surface area contributed by atoms with Gasteiger partial charge in [0.1, 0.15) is 5.25 Å². The largest absolute Gasteiger partial charge is 0.325 e.